The predicted molar refractivity (Wildman–Crippen MR) is 97.8 cm³/mol. The number of methoxy groups -OCH3 is 2. The number of ether oxygens (including phenoxy) is 2. The Morgan fingerprint density at radius 3 is 2.64 bits per heavy atom. The molecular weight excluding hydrogens is 344 g/mol. The fraction of sp³-hybridized carbons (Fsp3) is 0.353. The highest BCUT2D eigenvalue weighted by Gasteiger charge is 2.14. The van der Waals surface area contributed by atoms with E-state index in [9.17, 15) is 4.79 Å². The van der Waals surface area contributed by atoms with Gasteiger partial charge in [0, 0.05) is 30.8 Å². The third-order valence-corrected chi connectivity index (χ3v) is 3.82. The number of amides is 1. The van der Waals surface area contributed by atoms with E-state index in [0.29, 0.717) is 41.3 Å². The van der Waals surface area contributed by atoms with Crippen molar-refractivity contribution >= 4 is 29.0 Å². The van der Waals surface area contributed by atoms with Crippen molar-refractivity contribution in [2.45, 2.75) is 13.8 Å². The lowest BCUT2D eigenvalue weighted by Gasteiger charge is -2.13. The SMILES string of the molecule is COCCNc1cc(C(=O)Nc2cc(C)c(Cl)cc2OC)nc(C)n1. The first-order valence-corrected chi connectivity index (χ1v) is 8.06. The van der Waals surface area contributed by atoms with Gasteiger partial charge in [0.1, 0.15) is 23.1 Å². The Balaban J connectivity index is 2.22. The molecule has 0 fully saturated rings. The molecule has 1 heterocycles. The summed E-state index contributed by atoms with van der Waals surface area (Å²) in [6, 6.07) is 5.01. The van der Waals surface area contributed by atoms with E-state index in [1.54, 1.807) is 32.2 Å². The van der Waals surface area contributed by atoms with Crippen molar-refractivity contribution in [2.24, 2.45) is 0 Å². The van der Waals surface area contributed by atoms with E-state index < -0.39 is 0 Å². The molecule has 0 saturated carbocycles. The fourth-order valence-corrected chi connectivity index (χ4v) is 2.33. The Labute approximate surface area is 151 Å². The molecule has 0 saturated heterocycles. The van der Waals surface area contributed by atoms with Crippen LogP contribution < -0.4 is 15.4 Å². The highest BCUT2D eigenvalue weighted by Crippen LogP contribution is 2.31. The molecule has 0 aliphatic heterocycles. The van der Waals surface area contributed by atoms with Gasteiger partial charge in [0.25, 0.3) is 5.91 Å². The molecule has 1 amide bonds. The van der Waals surface area contributed by atoms with Gasteiger partial charge in [0.15, 0.2) is 0 Å². The molecule has 0 radical (unpaired) electrons. The van der Waals surface area contributed by atoms with Crippen LogP contribution >= 0.6 is 11.6 Å². The van der Waals surface area contributed by atoms with Gasteiger partial charge in [-0.05, 0) is 25.5 Å². The minimum absolute atomic E-state index is 0.252. The second-order valence-corrected chi connectivity index (χ2v) is 5.77. The molecular formula is C17H21ClN4O3. The van der Waals surface area contributed by atoms with Crippen molar-refractivity contribution in [1.82, 2.24) is 9.97 Å². The topological polar surface area (TPSA) is 85.4 Å². The largest absolute Gasteiger partial charge is 0.495 e. The Kier molecular flexibility index (Phi) is 6.55. The van der Waals surface area contributed by atoms with Crippen LogP contribution in [0.4, 0.5) is 11.5 Å². The number of benzene rings is 1. The van der Waals surface area contributed by atoms with Crippen LogP contribution in [0.15, 0.2) is 18.2 Å². The van der Waals surface area contributed by atoms with E-state index in [-0.39, 0.29) is 11.6 Å². The van der Waals surface area contributed by atoms with Crippen LogP contribution in [0.1, 0.15) is 21.9 Å². The summed E-state index contributed by atoms with van der Waals surface area (Å²) in [5.41, 5.74) is 1.61. The van der Waals surface area contributed by atoms with Crippen LogP contribution in [0.5, 0.6) is 5.75 Å². The molecule has 0 bridgehead atoms. The Morgan fingerprint density at radius 1 is 1.20 bits per heavy atom. The molecule has 0 aliphatic carbocycles. The van der Waals surface area contributed by atoms with Gasteiger partial charge in [0.2, 0.25) is 0 Å². The Bertz CT molecular complexity index is 768. The zero-order valence-electron chi connectivity index (χ0n) is 14.6. The van der Waals surface area contributed by atoms with Crippen molar-refractivity contribution in [3.63, 3.8) is 0 Å². The molecule has 25 heavy (non-hydrogen) atoms. The first-order valence-electron chi connectivity index (χ1n) is 7.68. The number of hydrogen-bond donors (Lipinski definition) is 2. The summed E-state index contributed by atoms with van der Waals surface area (Å²) in [6.07, 6.45) is 0. The van der Waals surface area contributed by atoms with E-state index >= 15 is 0 Å². The van der Waals surface area contributed by atoms with E-state index in [1.165, 1.54) is 7.11 Å². The number of halogens is 1. The van der Waals surface area contributed by atoms with Gasteiger partial charge in [0.05, 0.1) is 19.4 Å². The summed E-state index contributed by atoms with van der Waals surface area (Å²) in [5.74, 6) is 1.18. The average Bonchev–Trinajstić information content (AvgIpc) is 2.57. The summed E-state index contributed by atoms with van der Waals surface area (Å²) in [4.78, 5) is 21.0. The van der Waals surface area contributed by atoms with E-state index in [2.05, 4.69) is 20.6 Å². The number of hydrogen-bond acceptors (Lipinski definition) is 6. The van der Waals surface area contributed by atoms with Gasteiger partial charge in [-0.25, -0.2) is 9.97 Å². The highest BCUT2D eigenvalue weighted by molar-refractivity contribution is 6.31. The van der Waals surface area contributed by atoms with Crippen LogP contribution in [0.3, 0.4) is 0 Å². The molecule has 134 valence electrons. The van der Waals surface area contributed by atoms with Crippen molar-refractivity contribution in [1.29, 1.82) is 0 Å². The van der Waals surface area contributed by atoms with Gasteiger partial charge in [-0.3, -0.25) is 4.79 Å². The molecule has 2 aromatic rings. The fourth-order valence-electron chi connectivity index (χ4n) is 2.17. The van der Waals surface area contributed by atoms with Gasteiger partial charge in [-0.1, -0.05) is 11.6 Å². The van der Waals surface area contributed by atoms with Crippen LogP contribution in [-0.4, -0.2) is 43.2 Å². The molecule has 2 rings (SSSR count). The molecule has 7 nitrogen and oxygen atoms in total. The molecule has 0 spiro atoms. The summed E-state index contributed by atoms with van der Waals surface area (Å²) in [6.45, 7) is 4.69. The minimum Gasteiger partial charge on any atom is -0.495 e. The number of nitrogens with one attached hydrogen (secondary N) is 2. The van der Waals surface area contributed by atoms with Gasteiger partial charge in [-0.2, -0.15) is 0 Å². The number of aryl methyl sites for hydroxylation is 2. The first-order chi connectivity index (χ1) is 11.9. The summed E-state index contributed by atoms with van der Waals surface area (Å²) < 4.78 is 10.3. The van der Waals surface area contributed by atoms with E-state index in [4.69, 9.17) is 21.1 Å². The standard InChI is InChI=1S/C17H21ClN4O3/c1-10-7-13(15(25-4)8-12(10)18)22-17(23)14-9-16(19-5-6-24-3)21-11(2)20-14/h7-9H,5-6H2,1-4H3,(H,22,23)(H,19,20,21). The lowest BCUT2D eigenvalue weighted by molar-refractivity contribution is 0.102. The van der Waals surface area contributed by atoms with Crippen molar-refractivity contribution in [3.05, 3.63) is 40.3 Å². The van der Waals surface area contributed by atoms with E-state index in [1.807, 2.05) is 6.92 Å². The van der Waals surface area contributed by atoms with Gasteiger partial charge < -0.3 is 20.1 Å². The van der Waals surface area contributed by atoms with Crippen LogP contribution in [0.2, 0.25) is 5.02 Å². The second kappa shape index (κ2) is 8.64. The molecule has 0 aliphatic rings. The number of carbonyl (C=O) groups is 1. The summed E-state index contributed by atoms with van der Waals surface area (Å²) >= 11 is 6.09. The number of nitrogens with zero attached hydrogens (tertiary/aromatic N) is 2. The number of rotatable bonds is 7. The van der Waals surface area contributed by atoms with Crippen LogP contribution in [0, 0.1) is 13.8 Å². The molecule has 0 unspecified atom stereocenters. The number of anilines is 2. The maximum Gasteiger partial charge on any atom is 0.274 e. The third-order valence-electron chi connectivity index (χ3n) is 3.41. The second-order valence-electron chi connectivity index (χ2n) is 5.36. The van der Waals surface area contributed by atoms with Crippen LogP contribution in [-0.2, 0) is 4.74 Å². The maximum absolute atomic E-state index is 12.6. The number of aromatic nitrogens is 2. The zero-order chi connectivity index (χ0) is 18.4. The van der Waals surface area contributed by atoms with Gasteiger partial charge in [-0.15, -0.1) is 0 Å². The Hall–Kier alpha value is -2.38. The smallest absolute Gasteiger partial charge is 0.274 e. The zero-order valence-corrected chi connectivity index (χ0v) is 15.4. The highest BCUT2D eigenvalue weighted by atomic mass is 35.5. The predicted octanol–water partition coefficient (Wildman–Crippen LogP) is 3.07. The molecule has 8 heteroatoms. The molecule has 2 N–H and O–H groups in total. The van der Waals surface area contributed by atoms with Crippen molar-refractivity contribution < 1.29 is 14.3 Å². The first kappa shape index (κ1) is 19.0. The van der Waals surface area contributed by atoms with E-state index in [0.717, 1.165) is 5.56 Å². The van der Waals surface area contributed by atoms with Gasteiger partial charge >= 0.3 is 0 Å². The normalized spacial score (nSPS) is 10.4. The quantitative estimate of drug-likeness (QED) is 0.734. The minimum atomic E-state index is -0.361. The van der Waals surface area contributed by atoms with Crippen molar-refractivity contribution in [3.8, 4) is 5.75 Å². The molecule has 0 atom stereocenters. The number of carbonyl (C=O) groups excluding carboxylic acids is 1. The van der Waals surface area contributed by atoms with Crippen LogP contribution in [0.25, 0.3) is 0 Å². The molecule has 1 aromatic carbocycles. The Morgan fingerprint density at radius 2 is 1.96 bits per heavy atom. The summed E-state index contributed by atoms with van der Waals surface area (Å²) in [7, 11) is 3.14. The molecule has 1 aromatic heterocycles. The third kappa shape index (κ3) is 5.04. The summed E-state index contributed by atoms with van der Waals surface area (Å²) in [5, 5.41) is 6.46. The lowest BCUT2D eigenvalue weighted by atomic mass is 10.2. The van der Waals surface area contributed by atoms with Crippen molar-refractivity contribution in [2.75, 3.05) is 38.0 Å². The lowest BCUT2D eigenvalue weighted by Crippen LogP contribution is -2.17. The maximum atomic E-state index is 12.6. The monoisotopic (exact) mass is 364 g/mol. The average molecular weight is 365 g/mol.